The molecule has 1 heterocycles. The van der Waals surface area contributed by atoms with Crippen molar-refractivity contribution in [2.24, 2.45) is 5.92 Å². The molecule has 7 nitrogen and oxygen atoms in total. The molecule has 0 unspecified atom stereocenters. The van der Waals surface area contributed by atoms with Crippen LogP contribution in [0.25, 0.3) is 10.9 Å². The van der Waals surface area contributed by atoms with E-state index >= 15 is 0 Å². The highest BCUT2D eigenvalue weighted by Gasteiger charge is 2.23. The Morgan fingerprint density at radius 1 is 1.19 bits per heavy atom. The van der Waals surface area contributed by atoms with Crippen molar-refractivity contribution in [1.29, 1.82) is 0 Å². The van der Waals surface area contributed by atoms with Gasteiger partial charge < -0.3 is 14.8 Å². The quantitative estimate of drug-likeness (QED) is 0.750. The maximum atomic E-state index is 12.4. The van der Waals surface area contributed by atoms with Gasteiger partial charge in [-0.05, 0) is 31.4 Å². The number of fused-ring (bicyclic) bond motifs is 1. The molecule has 1 amide bonds. The Kier molecular flexibility index (Phi) is 6.87. The van der Waals surface area contributed by atoms with Crippen molar-refractivity contribution in [3.05, 3.63) is 41.6 Å². The number of hydrogen-bond donors (Lipinski definition) is 1. The molecule has 0 bridgehead atoms. The lowest BCUT2D eigenvalue weighted by Crippen LogP contribution is -2.44. The van der Waals surface area contributed by atoms with E-state index in [1.54, 1.807) is 31.2 Å². The van der Waals surface area contributed by atoms with Gasteiger partial charge in [0.15, 0.2) is 6.61 Å². The van der Waals surface area contributed by atoms with Crippen molar-refractivity contribution in [1.82, 2.24) is 10.3 Å². The normalized spacial score (nSPS) is 11.9. The first-order chi connectivity index (χ1) is 12.8. The van der Waals surface area contributed by atoms with E-state index in [1.807, 2.05) is 19.9 Å². The van der Waals surface area contributed by atoms with E-state index in [-0.39, 0.29) is 5.92 Å². The molecular formula is C20H24N2O5. The van der Waals surface area contributed by atoms with Crippen molar-refractivity contribution in [2.45, 2.75) is 33.2 Å². The second-order valence-corrected chi connectivity index (χ2v) is 6.68. The van der Waals surface area contributed by atoms with Crippen LogP contribution < -0.4 is 5.32 Å². The molecular weight excluding hydrogens is 348 g/mol. The van der Waals surface area contributed by atoms with Crippen molar-refractivity contribution in [2.75, 3.05) is 13.7 Å². The van der Waals surface area contributed by atoms with Gasteiger partial charge in [-0.25, -0.2) is 9.59 Å². The van der Waals surface area contributed by atoms with Gasteiger partial charge >= 0.3 is 11.9 Å². The Balaban J connectivity index is 2.05. The lowest BCUT2D eigenvalue weighted by atomic mass is 10.0. The minimum Gasteiger partial charge on any atom is -0.467 e. The number of methoxy groups -OCH3 is 1. The van der Waals surface area contributed by atoms with E-state index in [9.17, 15) is 14.4 Å². The first-order valence-electron chi connectivity index (χ1n) is 8.72. The molecule has 1 atom stereocenters. The van der Waals surface area contributed by atoms with E-state index in [1.165, 1.54) is 7.11 Å². The van der Waals surface area contributed by atoms with Gasteiger partial charge in [0, 0.05) is 11.1 Å². The van der Waals surface area contributed by atoms with Crippen LogP contribution in [0.15, 0.2) is 30.3 Å². The minimum atomic E-state index is -0.773. The Morgan fingerprint density at radius 2 is 1.89 bits per heavy atom. The van der Waals surface area contributed by atoms with Crippen LogP contribution in [0.2, 0.25) is 0 Å². The summed E-state index contributed by atoms with van der Waals surface area (Å²) in [5.74, 6) is -1.53. The number of nitrogens with one attached hydrogen (secondary N) is 1. The number of aromatic nitrogens is 1. The number of carbonyl (C=O) groups is 3. The average Bonchev–Trinajstić information content (AvgIpc) is 2.63. The average molecular weight is 372 g/mol. The first-order valence-corrected chi connectivity index (χ1v) is 8.72. The van der Waals surface area contributed by atoms with Crippen LogP contribution in [0, 0.1) is 12.8 Å². The zero-order valence-corrected chi connectivity index (χ0v) is 15.9. The molecule has 0 fully saturated rings. The topological polar surface area (TPSA) is 94.6 Å². The third-order valence-electron chi connectivity index (χ3n) is 3.93. The summed E-state index contributed by atoms with van der Waals surface area (Å²) >= 11 is 0. The fourth-order valence-corrected chi connectivity index (χ4v) is 2.75. The molecule has 2 rings (SSSR count). The smallest absolute Gasteiger partial charge is 0.339 e. The van der Waals surface area contributed by atoms with Crippen molar-refractivity contribution < 1.29 is 23.9 Å². The lowest BCUT2D eigenvalue weighted by Gasteiger charge is -2.18. The summed E-state index contributed by atoms with van der Waals surface area (Å²) in [5, 5.41) is 3.20. The standard InChI is InChI=1S/C20H24N2O5/c1-12(2)9-17(20(25)26-4)22-18(23)11-27-19(24)15-10-13(3)21-16-8-6-5-7-14(15)16/h5-8,10,12,17H,9,11H2,1-4H3,(H,22,23)/t17-/m0/s1. The summed E-state index contributed by atoms with van der Waals surface area (Å²) in [6.07, 6.45) is 0.431. The van der Waals surface area contributed by atoms with Gasteiger partial charge in [0.2, 0.25) is 0 Å². The van der Waals surface area contributed by atoms with Gasteiger partial charge in [-0.3, -0.25) is 9.78 Å². The third-order valence-corrected chi connectivity index (χ3v) is 3.93. The minimum absolute atomic E-state index is 0.183. The van der Waals surface area contributed by atoms with Crippen molar-refractivity contribution in [3.63, 3.8) is 0 Å². The number of aryl methyl sites for hydroxylation is 1. The molecule has 0 aliphatic carbocycles. The number of ether oxygens (including phenoxy) is 2. The Hall–Kier alpha value is -2.96. The predicted molar refractivity (Wildman–Crippen MR) is 100 cm³/mol. The van der Waals surface area contributed by atoms with E-state index in [4.69, 9.17) is 9.47 Å². The van der Waals surface area contributed by atoms with Crippen molar-refractivity contribution >= 4 is 28.7 Å². The maximum Gasteiger partial charge on any atom is 0.339 e. The Morgan fingerprint density at radius 3 is 2.56 bits per heavy atom. The molecule has 0 saturated carbocycles. The van der Waals surface area contributed by atoms with Gasteiger partial charge in [0.1, 0.15) is 6.04 Å². The molecule has 1 N–H and O–H groups in total. The Bertz CT molecular complexity index is 847. The highest BCUT2D eigenvalue weighted by Crippen LogP contribution is 2.19. The molecule has 1 aromatic carbocycles. The van der Waals surface area contributed by atoms with Crippen LogP contribution in [0.3, 0.4) is 0 Å². The fourth-order valence-electron chi connectivity index (χ4n) is 2.75. The first kappa shape index (κ1) is 20.4. The number of carbonyl (C=O) groups excluding carboxylic acids is 3. The number of pyridine rings is 1. The molecule has 1 aromatic heterocycles. The number of hydrogen-bond acceptors (Lipinski definition) is 6. The lowest BCUT2D eigenvalue weighted by molar-refractivity contribution is -0.145. The molecule has 0 radical (unpaired) electrons. The zero-order valence-electron chi connectivity index (χ0n) is 15.9. The van der Waals surface area contributed by atoms with E-state index < -0.39 is 30.5 Å². The summed E-state index contributed by atoms with van der Waals surface area (Å²) in [7, 11) is 1.26. The Labute approximate surface area is 158 Å². The highest BCUT2D eigenvalue weighted by atomic mass is 16.5. The predicted octanol–water partition coefficient (Wildman–Crippen LogP) is 2.40. The van der Waals surface area contributed by atoms with Crippen LogP contribution in [0.1, 0.15) is 36.3 Å². The fraction of sp³-hybridized carbons (Fsp3) is 0.400. The molecule has 27 heavy (non-hydrogen) atoms. The number of esters is 2. The summed E-state index contributed by atoms with van der Waals surface area (Å²) in [5.41, 5.74) is 1.70. The molecule has 7 heteroatoms. The van der Waals surface area contributed by atoms with Gasteiger partial charge in [0.05, 0.1) is 18.2 Å². The molecule has 0 spiro atoms. The SMILES string of the molecule is COC(=O)[C@H](CC(C)C)NC(=O)COC(=O)c1cc(C)nc2ccccc12. The van der Waals surface area contributed by atoms with Gasteiger partial charge in [0.25, 0.3) is 5.91 Å². The van der Waals surface area contributed by atoms with Crippen LogP contribution in [-0.2, 0) is 19.1 Å². The number of nitrogens with zero attached hydrogens (tertiary/aromatic N) is 1. The number of para-hydroxylation sites is 1. The molecule has 2 aromatic rings. The second-order valence-electron chi connectivity index (χ2n) is 6.68. The van der Waals surface area contributed by atoms with Crippen LogP contribution in [0.5, 0.6) is 0 Å². The molecule has 144 valence electrons. The highest BCUT2D eigenvalue weighted by molar-refractivity contribution is 6.04. The summed E-state index contributed by atoms with van der Waals surface area (Å²) < 4.78 is 9.84. The maximum absolute atomic E-state index is 12.4. The zero-order chi connectivity index (χ0) is 20.0. The number of amides is 1. The van der Waals surface area contributed by atoms with Crippen LogP contribution in [-0.4, -0.2) is 42.6 Å². The molecule has 0 saturated heterocycles. The van der Waals surface area contributed by atoms with Gasteiger partial charge in [-0.1, -0.05) is 32.0 Å². The summed E-state index contributed by atoms with van der Waals surface area (Å²) in [6.45, 7) is 5.15. The van der Waals surface area contributed by atoms with E-state index in [2.05, 4.69) is 10.3 Å². The summed E-state index contributed by atoms with van der Waals surface area (Å²) in [6, 6.07) is 8.06. The molecule has 0 aliphatic rings. The van der Waals surface area contributed by atoms with Gasteiger partial charge in [-0.15, -0.1) is 0 Å². The number of rotatable bonds is 7. The third kappa shape index (κ3) is 5.51. The van der Waals surface area contributed by atoms with Gasteiger partial charge in [-0.2, -0.15) is 0 Å². The van der Waals surface area contributed by atoms with Crippen LogP contribution in [0.4, 0.5) is 0 Å². The van der Waals surface area contributed by atoms with Crippen molar-refractivity contribution in [3.8, 4) is 0 Å². The molecule has 0 aliphatic heterocycles. The number of benzene rings is 1. The van der Waals surface area contributed by atoms with Crippen LogP contribution >= 0.6 is 0 Å². The summed E-state index contributed by atoms with van der Waals surface area (Å²) in [4.78, 5) is 40.7. The largest absolute Gasteiger partial charge is 0.467 e. The monoisotopic (exact) mass is 372 g/mol. The van der Waals surface area contributed by atoms with E-state index in [0.717, 1.165) is 0 Å². The van der Waals surface area contributed by atoms with E-state index in [0.29, 0.717) is 28.6 Å². The second kappa shape index (κ2) is 9.12.